The zero-order valence-corrected chi connectivity index (χ0v) is 12.4. The number of aromatic nitrogens is 2. The Bertz CT molecular complexity index is 818. The standard InChI is InChI=1S/C17H18FN3/c1-10(2)21-15-6-4-5-13(18)16(15)20-17(21)12-8-7-11(3)14(19)9-12/h4-10H,19H2,1-3H3. The summed E-state index contributed by atoms with van der Waals surface area (Å²) in [6.07, 6.45) is 0. The fraction of sp³-hybridized carbons (Fsp3) is 0.235. The number of halogens is 1. The molecule has 0 aliphatic carbocycles. The van der Waals surface area contributed by atoms with Crippen LogP contribution in [0.3, 0.4) is 0 Å². The van der Waals surface area contributed by atoms with Gasteiger partial charge < -0.3 is 10.3 Å². The number of rotatable bonds is 2. The molecule has 0 aliphatic heterocycles. The van der Waals surface area contributed by atoms with Crippen LogP contribution < -0.4 is 5.73 Å². The van der Waals surface area contributed by atoms with Crippen molar-refractivity contribution in [3.8, 4) is 11.4 Å². The van der Waals surface area contributed by atoms with Gasteiger partial charge >= 0.3 is 0 Å². The summed E-state index contributed by atoms with van der Waals surface area (Å²) in [4.78, 5) is 4.51. The van der Waals surface area contributed by atoms with E-state index in [1.54, 1.807) is 6.07 Å². The Kier molecular flexibility index (Phi) is 3.16. The van der Waals surface area contributed by atoms with Gasteiger partial charge in [-0.05, 0) is 44.5 Å². The second-order valence-electron chi connectivity index (χ2n) is 5.58. The van der Waals surface area contributed by atoms with Crippen LogP contribution in [0, 0.1) is 12.7 Å². The third-order valence-corrected chi connectivity index (χ3v) is 3.72. The lowest BCUT2D eigenvalue weighted by molar-refractivity contribution is 0.623. The molecule has 4 heteroatoms. The summed E-state index contributed by atoms with van der Waals surface area (Å²) in [6.45, 7) is 6.09. The lowest BCUT2D eigenvalue weighted by Gasteiger charge is -2.13. The molecule has 2 aromatic carbocycles. The predicted molar refractivity (Wildman–Crippen MR) is 84.7 cm³/mol. The van der Waals surface area contributed by atoms with Gasteiger partial charge in [0.25, 0.3) is 0 Å². The molecular formula is C17H18FN3. The van der Waals surface area contributed by atoms with Gasteiger partial charge in [0.2, 0.25) is 0 Å². The van der Waals surface area contributed by atoms with Crippen LogP contribution in [0.5, 0.6) is 0 Å². The fourth-order valence-corrected chi connectivity index (χ4v) is 2.59. The minimum Gasteiger partial charge on any atom is -0.398 e. The van der Waals surface area contributed by atoms with E-state index in [0.717, 1.165) is 28.2 Å². The second-order valence-corrected chi connectivity index (χ2v) is 5.58. The number of hydrogen-bond acceptors (Lipinski definition) is 2. The maximum Gasteiger partial charge on any atom is 0.151 e. The Hall–Kier alpha value is -2.36. The highest BCUT2D eigenvalue weighted by Gasteiger charge is 2.17. The van der Waals surface area contributed by atoms with Crippen molar-refractivity contribution >= 4 is 16.7 Å². The van der Waals surface area contributed by atoms with Crippen molar-refractivity contribution in [1.29, 1.82) is 0 Å². The molecule has 0 saturated carbocycles. The molecule has 108 valence electrons. The monoisotopic (exact) mass is 283 g/mol. The van der Waals surface area contributed by atoms with Crippen molar-refractivity contribution in [3.05, 3.63) is 47.8 Å². The van der Waals surface area contributed by atoms with Crippen molar-refractivity contribution in [2.75, 3.05) is 5.73 Å². The Labute approximate surface area is 123 Å². The first-order chi connectivity index (χ1) is 9.99. The zero-order chi connectivity index (χ0) is 15.1. The Morgan fingerprint density at radius 3 is 2.62 bits per heavy atom. The number of benzene rings is 2. The predicted octanol–water partition coefficient (Wildman–Crippen LogP) is 4.31. The molecule has 2 N–H and O–H groups in total. The van der Waals surface area contributed by atoms with E-state index in [1.807, 2.05) is 35.8 Å². The maximum absolute atomic E-state index is 14.0. The summed E-state index contributed by atoms with van der Waals surface area (Å²) >= 11 is 0. The topological polar surface area (TPSA) is 43.8 Å². The molecule has 0 bridgehead atoms. The smallest absolute Gasteiger partial charge is 0.151 e. The number of imidazole rings is 1. The summed E-state index contributed by atoms with van der Waals surface area (Å²) in [5.41, 5.74) is 9.85. The second kappa shape index (κ2) is 4.88. The summed E-state index contributed by atoms with van der Waals surface area (Å²) in [5.74, 6) is 0.449. The van der Waals surface area contributed by atoms with Crippen molar-refractivity contribution in [2.24, 2.45) is 0 Å². The average Bonchev–Trinajstić information content (AvgIpc) is 2.83. The molecule has 0 radical (unpaired) electrons. The number of hydrogen-bond donors (Lipinski definition) is 1. The zero-order valence-electron chi connectivity index (χ0n) is 12.4. The van der Waals surface area contributed by atoms with Crippen LogP contribution in [0.15, 0.2) is 36.4 Å². The summed E-state index contributed by atoms with van der Waals surface area (Å²) in [5, 5.41) is 0. The van der Waals surface area contributed by atoms with Gasteiger partial charge in [-0.15, -0.1) is 0 Å². The van der Waals surface area contributed by atoms with E-state index in [-0.39, 0.29) is 11.9 Å². The van der Waals surface area contributed by atoms with Gasteiger partial charge in [0, 0.05) is 17.3 Å². The number of para-hydroxylation sites is 1. The van der Waals surface area contributed by atoms with Crippen molar-refractivity contribution in [3.63, 3.8) is 0 Å². The van der Waals surface area contributed by atoms with Crippen LogP contribution >= 0.6 is 0 Å². The van der Waals surface area contributed by atoms with Gasteiger partial charge in [-0.1, -0.05) is 18.2 Å². The first kappa shape index (κ1) is 13.6. The van der Waals surface area contributed by atoms with Crippen LogP contribution in [0.4, 0.5) is 10.1 Å². The van der Waals surface area contributed by atoms with Crippen LogP contribution in [0.25, 0.3) is 22.4 Å². The molecule has 1 heterocycles. The minimum absolute atomic E-state index is 0.175. The van der Waals surface area contributed by atoms with Gasteiger partial charge in [-0.3, -0.25) is 0 Å². The number of anilines is 1. The molecule has 1 aromatic heterocycles. The molecule has 0 amide bonds. The first-order valence-electron chi connectivity index (χ1n) is 7.02. The normalized spacial score (nSPS) is 11.5. The first-order valence-corrected chi connectivity index (χ1v) is 7.02. The third kappa shape index (κ3) is 2.17. The highest BCUT2D eigenvalue weighted by molar-refractivity contribution is 5.82. The molecule has 0 fully saturated rings. The Morgan fingerprint density at radius 1 is 1.19 bits per heavy atom. The highest BCUT2D eigenvalue weighted by atomic mass is 19.1. The van der Waals surface area contributed by atoms with E-state index in [2.05, 4.69) is 18.8 Å². The van der Waals surface area contributed by atoms with Gasteiger partial charge in [-0.25, -0.2) is 9.37 Å². The van der Waals surface area contributed by atoms with E-state index in [1.165, 1.54) is 6.07 Å². The summed E-state index contributed by atoms with van der Waals surface area (Å²) in [6, 6.07) is 11.1. The largest absolute Gasteiger partial charge is 0.398 e. The van der Waals surface area contributed by atoms with Crippen LogP contribution in [0.2, 0.25) is 0 Å². The molecule has 3 rings (SSSR count). The van der Waals surface area contributed by atoms with Crippen molar-refractivity contribution in [2.45, 2.75) is 26.8 Å². The van der Waals surface area contributed by atoms with E-state index < -0.39 is 0 Å². The van der Waals surface area contributed by atoms with Crippen LogP contribution in [0.1, 0.15) is 25.5 Å². The van der Waals surface area contributed by atoms with E-state index in [0.29, 0.717) is 5.52 Å². The van der Waals surface area contributed by atoms with E-state index in [9.17, 15) is 4.39 Å². The van der Waals surface area contributed by atoms with Crippen LogP contribution in [-0.4, -0.2) is 9.55 Å². The molecule has 0 saturated heterocycles. The highest BCUT2D eigenvalue weighted by Crippen LogP contribution is 2.31. The summed E-state index contributed by atoms with van der Waals surface area (Å²) < 4.78 is 16.0. The van der Waals surface area contributed by atoms with Crippen molar-refractivity contribution < 1.29 is 4.39 Å². The molecule has 0 aliphatic rings. The SMILES string of the molecule is Cc1ccc(-c2nc3c(F)cccc3n2C(C)C)cc1N. The number of nitrogen functional groups attached to an aromatic ring is 1. The molecular weight excluding hydrogens is 265 g/mol. The molecule has 21 heavy (non-hydrogen) atoms. The van der Waals surface area contributed by atoms with Crippen molar-refractivity contribution in [1.82, 2.24) is 9.55 Å². The fourth-order valence-electron chi connectivity index (χ4n) is 2.59. The van der Waals surface area contributed by atoms with Gasteiger partial charge in [0.15, 0.2) is 5.82 Å². The number of nitrogens with two attached hydrogens (primary N) is 1. The van der Waals surface area contributed by atoms with Gasteiger partial charge in [0.05, 0.1) is 5.52 Å². The molecule has 3 nitrogen and oxygen atoms in total. The lowest BCUT2D eigenvalue weighted by Crippen LogP contribution is -2.03. The Morgan fingerprint density at radius 2 is 1.95 bits per heavy atom. The average molecular weight is 283 g/mol. The Balaban J connectivity index is 2.33. The number of aryl methyl sites for hydroxylation is 1. The van der Waals surface area contributed by atoms with Crippen LogP contribution in [-0.2, 0) is 0 Å². The quantitative estimate of drug-likeness (QED) is 0.712. The van der Waals surface area contributed by atoms with Gasteiger partial charge in [0.1, 0.15) is 11.3 Å². The molecule has 0 unspecified atom stereocenters. The minimum atomic E-state index is -0.298. The number of nitrogens with zero attached hydrogens (tertiary/aromatic N) is 2. The summed E-state index contributed by atoms with van der Waals surface area (Å²) in [7, 11) is 0. The maximum atomic E-state index is 14.0. The molecule has 0 atom stereocenters. The number of fused-ring (bicyclic) bond motifs is 1. The third-order valence-electron chi connectivity index (χ3n) is 3.72. The molecule has 0 spiro atoms. The van der Waals surface area contributed by atoms with Gasteiger partial charge in [-0.2, -0.15) is 0 Å². The van der Waals surface area contributed by atoms with E-state index in [4.69, 9.17) is 5.73 Å². The molecule has 3 aromatic rings. The van der Waals surface area contributed by atoms with E-state index >= 15 is 0 Å². The lowest BCUT2D eigenvalue weighted by atomic mass is 10.1.